The summed E-state index contributed by atoms with van der Waals surface area (Å²) < 4.78 is 1.13. The number of rotatable bonds is 4. The molecule has 2 aliphatic heterocycles. The Hall–Kier alpha value is -0.910. The highest BCUT2D eigenvalue weighted by molar-refractivity contribution is 9.10. The number of hydrogen-bond donors (Lipinski definition) is 0. The van der Waals surface area contributed by atoms with Gasteiger partial charge in [0, 0.05) is 50.3 Å². The molecule has 3 rings (SSSR count). The smallest absolute Gasteiger partial charge is 0.236 e. The highest BCUT2D eigenvalue weighted by atomic mass is 79.9. The topological polar surface area (TPSA) is 26.8 Å². The maximum atomic E-state index is 12.5. The first-order valence-electron chi connectivity index (χ1n) is 9.18. The van der Waals surface area contributed by atoms with Crippen LogP contribution in [0.15, 0.2) is 28.7 Å². The van der Waals surface area contributed by atoms with E-state index in [1.54, 1.807) is 0 Å². The lowest BCUT2D eigenvalue weighted by Gasteiger charge is -2.35. The number of amides is 1. The number of piperazine rings is 1. The molecule has 132 valence electrons. The van der Waals surface area contributed by atoms with Crippen LogP contribution in [0.2, 0.25) is 0 Å². The summed E-state index contributed by atoms with van der Waals surface area (Å²) in [6.45, 7) is 7.61. The van der Waals surface area contributed by atoms with Gasteiger partial charge < -0.3 is 4.90 Å². The number of nitrogens with zero attached hydrogens (tertiary/aromatic N) is 3. The zero-order valence-corrected chi connectivity index (χ0v) is 16.0. The van der Waals surface area contributed by atoms with Crippen LogP contribution >= 0.6 is 15.9 Å². The van der Waals surface area contributed by atoms with Crippen molar-refractivity contribution in [3.05, 3.63) is 34.3 Å². The van der Waals surface area contributed by atoms with E-state index in [1.165, 1.54) is 31.2 Å². The fraction of sp³-hybridized carbons (Fsp3) is 0.632. The normalized spacial score (nSPS) is 20.8. The highest BCUT2D eigenvalue weighted by Crippen LogP contribution is 2.14. The van der Waals surface area contributed by atoms with E-state index in [9.17, 15) is 4.79 Å². The average molecular weight is 394 g/mol. The zero-order chi connectivity index (χ0) is 16.8. The Morgan fingerprint density at radius 1 is 0.833 bits per heavy atom. The molecule has 2 heterocycles. The largest absolute Gasteiger partial charge is 0.342 e. The summed E-state index contributed by atoms with van der Waals surface area (Å²) in [4.78, 5) is 19.4. The van der Waals surface area contributed by atoms with E-state index in [1.807, 2.05) is 0 Å². The molecule has 0 atom stereocenters. The van der Waals surface area contributed by atoms with Crippen LogP contribution in [-0.2, 0) is 11.3 Å². The van der Waals surface area contributed by atoms with Gasteiger partial charge in [0.1, 0.15) is 0 Å². The van der Waals surface area contributed by atoms with Crippen molar-refractivity contribution >= 4 is 21.8 Å². The van der Waals surface area contributed by atoms with Crippen LogP contribution in [0.1, 0.15) is 31.2 Å². The van der Waals surface area contributed by atoms with Gasteiger partial charge in [-0.2, -0.15) is 0 Å². The van der Waals surface area contributed by atoms with E-state index in [4.69, 9.17) is 0 Å². The third-order valence-corrected chi connectivity index (χ3v) is 5.63. The van der Waals surface area contributed by atoms with Crippen LogP contribution in [0.5, 0.6) is 0 Å². The molecule has 0 N–H and O–H groups in total. The Kier molecular flexibility index (Phi) is 6.69. The third-order valence-electron chi connectivity index (χ3n) is 5.10. The summed E-state index contributed by atoms with van der Waals surface area (Å²) in [6, 6.07) is 8.57. The molecule has 2 saturated heterocycles. The van der Waals surface area contributed by atoms with Crippen LogP contribution in [0.25, 0.3) is 0 Å². The van der Waals surface area contributed by atoms with Gasteiger partial charge in [-0.3, -0.25) is 14.6 Å². The maximum absolute atomic E-state index is 12.5. The van der Waals surface area contributed by atoms with Gasteiger partial charge in [-0.1, -0.05) is 40.9 Å². The molecule has 0 unspecified atom stereocenters. The molecule has 1 aromatic rings. The van der Waals surface area contributed by atoms with Crippen LogP contribution < -0.4 is 0 Å². The first-order valence-corrected chi connectivity index (χ1v) is 9.97. The van der Waals surface area contributed by atoms with Gasteiger partial charge >= 0.3 is 0 Å². The molecule has 1 amide bonds. The van der Waals surface area contributed by atoms with Crippen molar-refractivity contribution < 1.29 is 4.79 Å². The minimum absolute atomic E-state index is 0.332. The lowest BCUT2D eigenvalue weighted by atomic mass is 10.2. The molecule has 0 radical (unpaired) electrons. The predicted molar refractivity (Wildman–Crippen MR) is 101 cm³/mol. The molecule has 0 aromatic heterocycles. The molecule has 2 aliphatic rings. The summed E-state index contributed by atoms with van der Waals surface area (Å²) in [5, 5.41) is 0. The highest BCUT2D eigenvalue weighted by Gasteiger charge is 2.22. The second-order valence-electron chi connectivity index (χ2n) is 6.97. The van der Waals surface area contributed by atoms with Crippen molar-refractivity contribution in [1.82, 2.24) is 14.7 Å². The fourth-order valence-electron chi connectivity index (χ4n) is 3.56. The molecule has 4 nitrogen and oxygen atoms in total. The molecular formula is C19H28BrN3O. The van der Waals surface area contributed by atoms with Gasteiger partial charge in [-0.05, 0) is 30.5 Å². The zero-order valence-electron chi connectivity index (χ0n) is 14.4. The van der Waals surface area contributed by atoms with E-state index in [-0.39, 0.29) is 0 Å². The molecule has 0 saturated carbocycles. The van der Waals surface area contributed by atoms with Gasteiger partial charge in [0.05, 0.1) is 6.54 Å². The summed E-state index contributed by atoms with van der Waals surface area (Å²) >= 11 is 3.48. The van der Waals surface area contributed by atoms with Crippen molar-refractivity contribution in [2.75, 3.05) is 45.8 Å². The van der Waals surface area contributed by atoms with Crippen molar-refractivity contribution in [3.8, 4) is 0 Å². The molecule has 2 fully saturated rings. The minimum atomic E-state index is 0.332. The lowest BCUT2D eigenvalue weighted by Crippen LogP contribution is -2.49. The Bertz CT molecular complexity index is 518. The van der Waals surface area contributed by atoms with E-state index >= 15 is 0 Å². The van der Waals surface area contributed by atoms with Crippen LogP contribution in [-0.4, -0.2) is 66.4 Å². The standard InChI is InChI=1S/C19H28BrN3O/c20-18-7-5-17(6-8-18)15-21-11-13-22(14-12-21)16-19(24)23-9-3-1-2-4-10-23/h5-8H,1-4,9-16H2. The van der Waals surface area contributed by atoms with Gasteiger partial charge in [0.2, 0.25) is 5.91 Å². The van der Waals surface area contributed by atoms with Crippen LogP contribution in [0, 0.1) is 0 Å². The molecule has 1 aromatic carbocycles. The van der Waals surface area contributed by atoms with Gasteiger partial charge in [-0.15, -0.1) is 0 Å². The molecular weight excluding hydrogens is 366 g/mol. The van der Waals surface area contributed by atoms with Gasteiger partial charge in [-0.25, -0.2) is 0 Å². The van der Waals surface area contributed by atoms with E-state index in [2.05, 4.69) is 54.9 Å². The Morgan fingerprint density at radius 2 is 1.42 bits per heavy atom. The predicted octanol–water partition coefficient (Wildman–Crippen LogP) is 2.97. The number of hydrogen-bond acceptors (Lipinski definition) is 3. The van der Waals surface area contributed by atoms with Crippen molar-refractivity contribution in [2.24, 2.45) is 0 Å². The molecule has 0 spiro atoms. The summed E-state index contributed by atoms with van der Waals surface area (Å²) in [5.41, 5.74) is 1.35. The summed E-state index contributed by atoms with van der Waals surface area (Å²) in [7, 11) is 0. The van der Waals surface area contributed by atoms with Crippen molar-refractivity contribution in [3.63, 3.8) is 0 Å². The first kappa shape index (κ1) is 17.9. The second kappa shape index (κ2) is 8.97. The number of carbonyl (C=O) groups is 1. The quantitative estimate of drug-likeness (QED) is 0.786. The first-order chi connectivity index (χ1) is 11.7. The maximum Gasteiger partial charge on any atom is 0.236 e. The Balaban J connectivity index is 1.41. The summed E-state index contributed by atoms with van der Waals surface area (Å²) in [6.07, 6.45) is 4.90. The summed E-state index contributed by atoms with van der Waals surface area (Å²) in [5.74, 6) is 0.332. The van der Waals surface area contributed by atoms with E-state index in [0.29, 0.717) is 12.5 Å². The SMILES string of the molecule is O=C(CN1CCN(Cc2ccc(Br)cc2)CC1)N1CCCCCC1. The average Bonchev–Trinajstić information content (AvgIpc) is 2.88. The minimum Gasteiger partial charge on any atom is -0.342 e. The van der Waals surface area contributed by atoms with Crippen LogP contribution in [0.4, 0.5) is 0 Å². The van der Waals surface area contributed by atoms with Crippen molar-refractivity contribution in [2.45, 2.75) is 32.2 Å². The Morgan fingerprint density at radius 3 is 2.04 bits per heavy atom. The lowest BCUT2D eigenvalue weighted by molar-refractivity contribution is -0.132. The van der Waals surface area contributed by atoms with Crippen molar-refractivity contribution in [1.29, 1.82) is 0 Å². The number of halogens is 1. The van der Waals surface area contributed by atoms with Gasteiger partial charge in [0.25, 0.3) is 0 Å². The number of carbonyl (C=O) groups excluding carboxylic acids is 1. The van der Waals surface area contributed by atoms with Gasteiger partial charge in [0.15, 0.2) is 0 Å². The third kappa shape index (κ3) is 5.30. The molecule has 5 heteroatoms. The van der Waals surface area contributed by atoms with E-state index < -0.39 is 0 Å². The fourth-order valence-corrected chi connectivity index (χ4v) is 3.83. The second-order valence-corrected chi connectivity index (χ2v) is 7.89. The number of likely N-dealkylation sites (tertiary alicyclic amines) is 1. The molecule has 0 aliphatic carbocycles. The Labute approximate surface area is 153 Å². The molecule has 24 heavy (non-hydrogen) atoms. The van der Waals surface area contributed by atoms with E-state index in [0.717, 1.165) is 50.3 Å². The number of benzene rings is 1. The monoisotopic (exact) mass is 393 g/mol. The van der Waals surface area contributed by atoms with Crippen LogP contribution in [0.3, 0.4) is 0 Å². The molecule has 0 bridgehead atoms.